The molecule has 3 heteroatoms. The first-order chi connectivity index (χ1) is 8.90. The van der Waals surface area contributed by atoms with E-state index in [1.54, 1.807) is 0 Å². The van der Waals surface area contributed by atoms with Crippen molar-refractivity contribution in [3.05, 3.63) is 48.0 Å². The minimum absolute atomic E-state index is 0.165. The Morgan fingerprint density at radius 1 is 1.17 bits per heavy atom. The van der Waals surface area contributed by atoms with Gasteiger partial charge in [-0.1, -0.05) is 42.5 Å². The van der Waals surface area contributed by atoms with Crippen LogP contribution in [-0.2, 0) is 4.74 Å². The monoisotopic (exact) mass is 242 g/mol. The first-order valence-electron chi connectivity index (χ1n) is 6.41. The largest absolute Gasteiger partial charge is 0.381 e. The molecule has 1 heterocycles. The number of ether oxygens (including phenoxy) is 1. The summed E-state index contributed by atoms with van der Waals surface area (Å²) in [7, 11) is 0. The van der Waals surface area contributed by atoms with Crippen LogP contribution in [0.4, 0.5) is 0 Å². The molecule has 2 atom stereocenters. The standard InChI is InChI=1S/C15H18N2O/c16-17-15(12-8-9-18-10-12)14-7-3-5-11-4-1-2-6-13(11)14/h1-7,12,15,17H,8-10,16H2. The molecule has 3 rings (SSSR count). The van der Waals surface area contributed by atoms with Crippen LogP contribution in [0.15, 0.2) is 42.5 Å². The van der Waals surface area contributed by atoms with Crippen molar-refractivity contribution in [1.29, 1.82) is 0 Å². The highest BCUT2D eigenvalue weighted by atomic mass is 16.5. The fraction of sp³-hybridized carbons (Fsp3) is 0.333. The van der Waals surface area contributed by atoms with E-state index < -0.39 is 0 Å². The normalized spacial score (nSPS) is 21.3. The number of hydrazine groups is 1. The van der Waals surface area contributed by atoms with Gasteiger partial charge in [0.25, 0.3) is 0 Å². The molecule has 3 nitrogen and oxygen atoms in total. The van der Waals surface area contributed by atoms with Crippen molar-refractivity contribution in [2.75, 3.05) is 13.2 Å². The van der Waals surface area contributed by atoms with Crippen molar-refractivity contribution in [1.82, 2.24) is 5.43 Å². The van der Waals surface area contributed by atoms with Gasteiger partial charge in [-0.15, -0.1) is 0 Å². The molecule has 0 aromatic heterocycles. The third-order valence-corrected chi connectivity index (χ3v) is 3.77. The van der Waals surface area contributed by atoms with Gasteiger partial charge in [0.15, 0.2) is 0 Å². The summed E-state index contributed by atoms with van der Waals surface area (Å²) in [6.07, 6.45) is 1.07. The summed E-state index contributed by atoms with van der Waals surface area (Å²) >= 11 is 0. The molecule has 2 aromatic rings. The molecule has 1 aliphatic rings. The Labute approximate surface area is 107 Å². The van der Waals surface area contributed by atoms with Gasteiger partial charge in [-0.3, -0.25) is 11.3 Å². The fourth-order valence-corrected chi connectivity index (χ4v) is 2.82. The molecular weight excluding hydrogens is 224 g/mol. The second-order valence-corrected chi connectivity index (χ2v) is 4.84. The molecule has 18 heavy (non-hydrogen) atoms. The van der Waals surface area contributed by atoms with E-state index >= 15 is 0 Å². The molecule has 0 amide bonds. The lowest BCUT2D eigenvalue weighted by molar-refractivity contribution is 0.177. The Balaban J connectivity index is 2.06. The van der Waals surface area contributed by atoms with Crippen LogP contribution in [0, 0.1) is 5.92 Å². The van der Waals surface area contributed by atoms with E-state index in [1.165, 1.54) is 16.3 Å². The third-order valence-electron chi connectivity index (χ3n) is 3.77. The molecule has 0 radical (unpaired) electrons. The summed E-state index contributed by atoms with van der Waals surface area (Å²) in [6, 6.07) is 15.0. The van der Waals surface area contributed by atoms with Crippen LogP contribution in [0.2, 0.25) is 0 Å². The van der Waals surface area contributed by atoms with Crippen LogP contribution in [0.3, 0.4) is 0 Å². The lowest BCUT2D eigenvalue weighted by Crippen LogP contribution is -2.34. The molecule has 1 aliphatic heterocycles. The minimum atomic E-state index is 0.165. The Bertz CT molecular complexity index is 530. The first kappa shape index (κ1) is 11.7. The summed E-state index contributed by atoms with van der Waals surface area (Å²) < 4.78 is 5.48. The van der Waals surface area contributed by atoms with E-state index in [4.69, 9.17) is 10.6 Å². The van der Waals surface area contributed by atoms with Crippen molar-refractivity contribution >= 4 is 10.8 Å². The molecule has 1 fully saturated rings. The predicted octanol–water partition coefficient (Wildman–Crippen LogP) is 2.38. The second kappa shape index (κ2) is 5.06. The Hall–Kier alpha value is -1.42. The van der Waals surface area contributed by atoms with Gasteiger partial charge in [0.05, 0.1) is 12.6 Å². The van der Waals surface area contributed by atoms with Crippen molar-refractivity contribution < 1.29 is 4.74 Å². The lowest BCUT2D eigenvalue weighted by Gasteiger charge is -2.23. The number of nitrogens with one attached hydrogen (secondary N) is 1. The average molecular weight is 242 g/mol. The molecule has 1 saturated heterocycles. The van der Waals surface area contributed by atoms with Gasteiger partial charge in [0.2, 0.25) is 0 Å². The van der Waals surface area contributed by atoms with E-state index in [0.29, 0.717) is 5.92 Å². The molecule has 2 aromatic carbocycles. The molecule has 0 spiro atoms. The lowest BCUT2D eigenvalue weighted by atomic mass is 9.89. The van der Waals surface area contributed by atoms with Gasteiger partial charge in [-0.25, -0.2) is 0 Å². The smallest absolute Gasteiger partial charge is 0.0517 e. The van der Waals surface area contributed by atoms with Crippen molar-refractivity contribution in [2.45, 2.75) is 12.5 Å². The van der Waals surface area contributed by atoms with Crippen molar-refractivity contribution in [3.63, 3.8) is 0 Å². The zero-order valence-corrected chi connectivity index (χ0v) is 10.3. The quantitative estimate of drug-likeness (QED) is 0.641. The van der Waals surface area contributed by atoms with Crippen LogP contribution < -0.4 is 11.3 Å². The summed E-state index contributed by atoms with van der Waals surface area (Å²) in [6.45, 7) is 1.63. The maximum atomic E-state index is 5.77. The molecule has 2 unspecified atom stereocenters. The summed E-state index contributed by atoms with van der Waals surface area (Å²) in [4.78, 5) is 0. The van der Waals surface area contributed by atoms with Crippen LogP contribution in [-0.4, -0.2) is 13.2 Å². The van der Waals surface area contributed by atoms with Gasteiger partial charge in [-0.2, -0.15) is 0 Å². The summed E-state index contributed by atoms with van der Waals surface area (Å²) in [5, 5.41) is 2.53. The summed E-state index contributed by atoms with van der Waals surface area (Å²) in [5.41, 5.74) is 4.24. The highest BCUT2D eigenvalue weighted by Gasteiger charge is 2.27. The van der Waals surface area contributed by atoms with Crippen molar-refractivity contribution in [3.8, 4) is 0 Å². The number of benzene rings is 2. The third kappa shape index (κ3) is 2.01. The Morgan fingerprint density at radius 3 is 2.78 bits per heavy atom. The minimum Gasteiger partial charge on any atom is -0.381 e. The summed E-state index contributed by atoms with van der Waals surface area (Å²) in [5.74, 6) is 6.23. The SMILES string of the molecule is NNC(c1cccc2ccccc12)C1CCOC1. The van der Waals surface area contributed by atoms with Crippen LogP contribution in [0.25, 0.3) is 10.8 Å². The Kier molecular flexibility index (Phi) is 3.28. The first-order valence-corrected chi connectivity index (χ1v) is 6.41. The predicted molar refractivity (Wildman–Crippen MR) is 72.9 cm³/mol. The van der Waals surface area contributed by atoms with Gasteiger partial charge in [0.1, 0.15) is 0 Å². The molecule has 3 N–H and O–H groups in total. The molecule has 0 bridgehead atoms. The Morgan fingerprint density at radius 2 is 2.00 bits per heavy atom. The topological polar surface area (TPSA) is 47.3 Å². The van der Waals surface area contributed by atoms with E-state index in [-0.39, 0.29) is 6.04 Å². The maximum absolute atomic E-state index is 5.77. The number of rotatable bonds is 3. The van der Waals surface area contributed by atoms with E-state index in [9.17, 15) is 0 Å². The van der Waals surface area contributed by atoms with E-state index in [1.807, 2.05) is 0 Å². The molecule has 94 valence electrons. The number of nitrogens with two attached hydrogens (primary N) is 1. The van der Waals surface area contributed by atoms with E-state index in [2.05, 4.69) is 47.9 Å². The molecular formula is C15H18N2O. The van der Waals surface area contributed by atoms with Crippen molar-refractivity contribution in [2.24, 2.45) is 11.8 Å². The van der Waals surface area contributed by atoms with Gasteiger partial charge in [-0.05, 0) is 22.8 Å². The average Bonchev–Trinajstić information content (AvgIpc) is 2.94. The fourth-order valence-electron chi connectivity index (χ4n) is 2.82. The molecule has 0 aliphatic carbocycles. The number of fused-ring (bicyclic) bond motifs is 1. The van der Waals surface area contributed by atoms with Crippen LogP contribution in [0.1, 0.15) is 18.0 Å². The van der Waals surface area contributed by atoms with E-state index in [0.717, 1.165) is 19.6 Å². The van der Waals surface area contributed by atoms with Gasteiger partial charge in [0, 0.05) is 12.5 Å². The molecule has 0 saturated carbocycles. The zero-order valence-electron chi connectivity index (χ0n) is 10.3. The van der Waals surface area contributed by atoms with Crippen LogP contribution in [0.5, 0.6) is 0 Å². The zero-order chi connectivity index (χ0) is 12.4. The van der Waals surface area contributed by atoms with Crippen LogP contribution >= 0.6 is 0 Å². The number of hydrogen-bond acceptors (Lipinski definition) is 3. The number of hydrogen-bond donors (Lipinski definition) is 2. The van der Waals surface area contributed by atoms with Gasteiger partial charge < -0.3 is 4.74 Å². The maximum Gasteiger partial charge on any atom is 0.0517 e. The highest BCUT2D eigenvalue weighted by Crippen LogP contribution is 2.32. The van der Waals surface area contributed by atoms with Gasteiger partial charge >= 0.3 is 0 Å². The highest BCUT2D eigenvalue weighted by molar-refractivity contribution is 5.86. The second-order valence-electron chi connectivity index (χ2n) is 4.84.